The van der Waals surface area contributed by atoms with Crippen molar-refractivity contribution in [2.24, 2.45) is 0 Å². The summed E-state index contributed by atoms with van der Waals surface area (Å²) in [5.41, 5.74) is 1.64. The SMILES string of the molecule is CNCC1CCCN1C(=O)Cc1csc(-c2ccc(Cl)cc2Cl)n1. The number of likely N-dealkylation sites (tertiary alicyclic amines) is 1. The zero-order valence-corrected chi connectivity index (χ0v) is 15.7. The average molecular weight is 384 g/mol. The van der Waals surface area contributed by atoms with Gasteiger partial charge in [-0.25, -0.2) is 4.98 Å². The third-order valence-electron chi connectivity index (χ3n) is 4.18. The molecule has 1 amide bonds. The molecule has 128 valence electrons. The number of aromatic nitrogens is 1. The maximum Gasteiger partial charge on any atom is 0.228 e. The van der Waals surface area contributed by atoms with Crippen LogP contribution in [0.3, 0.4) is 0 Å². The van der Waals surface area contributed by atoms with Gasteiger partial charge >= 0.3 is 0 Å². The van der Waals surface area contributed by atoms with Crippen molar-refractivity contribution < 1.29 is 4.79 Å². The van der Waals surface area contributed by atoms with E-state index >= 15 is 0 Å². The number of likely N-dealkylation sites (N-methyl/N-ethyl adjacent to an activating group) is 1. The smallest absolute Gasteiger partial charge is 0.228 e. The predicted molar refractivity (Wildman–Crippen MR) is 99.9 cm³/mol. The van der Waals surface area contributed by atoms with Crippen LogP contribution in [0.4, 0.5) is 0 Å². The van der Waals surface area contributed by atoms with E-state index in [9.17, 15) is 4.79 Å². The monoisotopic (exact) mass is 383 g/mol. The number of nitrogens with zero attached hydrogens (tertiary/aromatic N) is 2. The van der Waals surface area contributed by atoms with Gasteiger partial charge in [0.15, 0.2) is 0 Å². The molecule has 1 fully saturated rings. The van der Waals surface area contributed by atoms with Gasteiger partial charge < -0.3 is 10.2 Å². The van der Waals surface area contributed by atoms with Crippen molar-refractivity contribution in [1.82, 2.24) is 15.2 Å². The molecule has 1 atom stereocenters. The molecule has 0 saturated carbocycles. The zero-order chi connectivity index (χ0) is 17.1. The van der Waals surface area contributed by atoms with Gasteiger partial charge in [0.2, 0.25) is 5.91 Å². The lowest BCUT2D eigenvalue weighted by molar-refractivity contribution is -0.131. The summed E-state index contributed by atoms with van der Waals surface area (Å²) in [4.78, 5) is 19.1. The van der Waals surface area contributed by atoms with Gasteiger partial charge in [-0.3, -0.25) is 4.79 Å². The van der Waals surface area contributed by atoms with Crippen LogP contribution in [-0.2, 0) is 11.2 Å². The Morgan fingerprint density at radius 3 is 3.04 bits per heavy atom. The molecular formula is C17H19Cl2N3OS. The van der Waals surface area contributed by atoms with Crippen molar-refractivity contribution in [3.63, 3.8) is 0 Å². The number of amides is 1. The number of benzene rings is 1. The molecule has 2 aromatic rings. The van der Waals surface area contributed by atoms with Crippen LogP contribution in [0.1, 0.15) is 18.5 Å². The average Bonchev–Trinajstić information content (AvgIpc) is 3.17. The van der Waals surface area contributed by atoms with E-state index < -0.39 is 0 Å². The second-order valence-electron chi connectivity index (χ2n) is 5.89. The van der Waals surface area contributed by atoms with Crippen molar-refractivity contribution in [1.29, 1.82) is 0 Å². The van der Waals surface area contributed by atoms with Gasteiger partial charge in [0, 0.05) is 35.1 Å². The van der Waals surface area contributed by atoms with E-state index in [1.165, 1.54) is 11.3 Å². The number of halogens is 2. The van der Waals surface area contributed by atoms with Crippen molar-refractivity contribution in [2.45, 2.75) is 25.3 Å². The highest BCUT2D eigenvalue weighted by atomic mass is 35.5. The third-order valence-corrected chi connectivity index (χ3v) is 5.66. The Bertz CT molecular complexity index is 734. The maximum atomic E-state index is 12.6. The van der Waals surface area contributed by atoms with E-state index in [1.807, 2.05) is 23.4 Å². The first kappa shape index (κ1) is 17.7. The van der Waals surface area contributed by atoms with Gasteiger partial charge in [-0.2, -0.15) is 0 Å². The molecule has 0 radical (unpaired) electrons. The van der Waals surface area contributed by atoms with Crippen LogP contribution in [-0.4, -0.2) is 42.0 Å². The van der Waals surface area contributed by atoms with Gasteiger partial charge in [-0.15, -0.1) is 11.3 Å². The van der Waals surface area contributed by atoms with E-state index in [4.69, 9.17) is 23.2 Å². The molecule has 4 nitrogen and oxygen atoms in total. The van der Waals surface area contributed by atoms with Gasteiger partial charge in [0.25, 0.3) is 0 Å². The van der Waals surface area contributed by atoms with Crippen LogP contribution in [0.2, 0.25) is 10.0 Å². The summed E-state index contributed by atoms with van der Waals surface area (Å²) < 4.78 is 0. The lowest BCUT2D eigenvalue weighted by atomic mass is 10.2. The Hall–Kier alpha value is -1.14. The van der Waals surface area contributed by atoms with E-state index in [0.29, 0.717) is 22.5 Å². The van der Waals surface area contributed by atoms with E-state index in [0.717, 1.165) is 42.2 Å². The normalized spacial score (nSPS) is 17.5. The van der Waals surface area contributed by atoms with Gasteiger partial charge in [0.1, 0.15) is 5.01 Å². The number of hydrogen-bond donors (Lipinski definition) is 1. The lowest BCUT2D eigenvalue weighted by Crippen LogP contribution is -2.41. The molecule has 1 aliphatic rings. The summed E-state index contributed by atoms with van der Waals surface area (Å²) in [6, 6.07) is 5.66. The van der Waals surface area contributed by atoms with Crippen LogP contribution in [0.15, 0.2) is 23.6 Å². The molecule has 1 aromatic heterocycles. The molecule has 1 aromatic carbocycles. The molecular weight excluding hydrogens is 365 g/mol. The summed E-state index contributed by atoms with van der Waals surface area (Å²) in [7, 11) is 1.92. The molecule has 1 N–H and O–H groups in total. The first-order valence-electron chi connectivity index (χ1n) is 7.92. The number of rotatable bonds is 5. The number of hydrogen-bond acceptors (Lipinski definition) is 4. The topological polar surface area (TPSA) is 45.2 Å². The zero-order valence-electron chi connectivity index (χ0n) is 13.4. The minimum absolute atomic E-state index is 0.145. The molecule has 0 aliphatic carbocycles. The Morgan fingerprint density at radius 1 is 1.46 bits per heavy atom. The Labute approximate surface area is 155 Å². The van der Waals surface area contributed by atoms with E-state index in [2.05, 4.69) is 10.3 Å². The molecule has 1 aliphatic heterocycles. The highest BCUT2D eigenvalue weighted by Gasteiger charge is 2.28. The molecule has 1 saturated heterocycles. The van der Waals surface area contributed by atoms with Crippen LogP contribution >= 0.6 is 34.5 Å². The summed E-state index contributed by atoms with van der Waals surface area (Å²) in [5.74, 6) is 0.145. The van der Waals surface area contributed by atoms with Crippen LogP contribution < -0.4 is 5.32 Å². The minimum Gasteiger partial charge on any atom is -0.338 e. The van der Waals surface area contributed by atoms with Crippen LogP contribution in [0.5, 0.6) is 0 Å². The number of nitrogens with one attached hydrogen (secondary N) is 1. The Kier molecular flexibility index (Phi) is 5.76. The van der Waals surface area contributed by atoms with Gasteiger partial charge in [0.05, 0.1) is 17.1 Å². The Balaban J connectivity index is 1.71. The number of thiazole rings is 1. The molecule has 2 heterocycles. The first-order valence-corrected chi connectivity index (χ1v) is 9.56. The predicted octanol–water partition coefficient (Wildman–Crippen LogP) is 3.87. The summed E-state index contributed by atoms with van der Waals surface area (Å²) in [6.45, 7) is 1.68. The van der Waals surface area contributed by atoms with Gasteiger partial charge in [-0.05, 0) is 38.1 Å². The van der Waals surface area contributed by atoms with Crippen molar-refractivity contribution in [3.05, 3.63) is 39.3 Å². The molecule has 0 bridgehead atoms. The second kappa shape index (κ2) is 7.83. The second-order valence-corrected chi connectivity index (χ2v) is 7.59. The molecule has 24 heavy (non-hydrogen) atoms. The van der Waals surface area contributed by atoms with Gasteiger partial charge in [-0.1, -0.05) is 23.2 Å². The molecule has 3 rings (SSSR count). The summed E-state index contributed by atoms with van der Waals surface area (Å²) in [6.07, 6.45) is 2.47. The van der Waals surface area contributed by atoms with Crippen molar-refractivity contribution in [3.8, 4) is 10.6 Å². The largest absolute Gasteiger partial charge is 0.338 e. The molecule has 1 unspecified atom stereocenters. The number of carbonyl (C=O) groups excluding carboxylic acids is 1. The minimum atomic E-state index is 0.145. The van der Waals surface area contributed by atoms with Crippen LogP contribution in [0, 0.1) is 0 Å². The van der Waals surface area contributed by atoms with Crippen LogP contribution in [0.25, 0.3) is 10.6 Å². The fraction of sp³-hybridized carbons (Fsp3) is 0.412. The lowest BCUT2D eigenvalue weighted by Gasteiger charge is -2.24. The van der Waals surface area contributed by atoms with Crippen molar-refractivity contribution in [2.75, 3.05) is 20.1 Å². The fourth-order valence-electron chi connectivity index (χ4n) is 3.04. The highest BCUT2D eigenvalue weighted by Crippen LogP contribution is 2.32. The number of carbonyl (C=O) groups is 1. The summed E-state index contributed by atoms with van der Waals surface area (Å²) in [5, 5.41) is 7.08. The quantitative estimate of drug-likeness (QED) is 0.851. The summed E-state index contributed by atoms with van der Waals surface area (Å²) >= 11 is 13.7. The highest BCUT2D eigenvalue weighted by molar-refractivity contribution is 7.13. The maximum absolute atomic E-state index is 12.6. The molecule has 7 heteroatoms. The standard InChI is InChI=1S/C17H19Cl2N3OS/c1-20-9-13-3-2-6-22(13)16(23)8-12-10-24-17(21-12)14-5-4-11(18)7-15(14)19/h4-5,7,10,13,20H,2-3,6,8-9H2,1H3. The van der Waals surface area contributed by atoms with E-state index in [1.54, 1.807) is 12.1 Å². The Morgan fingerprint density at radius 2 is 2.29 bits per heavy atom. The molecule has 0 spiro atoms. The van der Waals surface area contributed by atoms with Crippen molar-refractivity contribution >= 4 is 40.4 Å². The fourth-order valence-corrected chi connectivity index (χ4v) is 4.46. The first-order chi connectivity index (χ1) is 11.6. The third kappa shape index (κ3) is 3.91. The van der Waals surface area contributed by atoms with E-state index in [-0.39, 0.29) is 5.91 Å².